The molecule has 1 aliphatic rings. The van der Waals surface area contributed by atoms with Crippen molar-refractivity contribution in [3.63, 3.8) is 0 Å². The first-order valence-corrected chi connectivity index (χ1v) is 11.8. The van der Waals surface area contributed by atoms with Crippen LogP contribution < -0.4 is 15.0 Å². The fourth-order valence-corrected chi connectivity index (χ4v) is 4.76. The van der Waals surface area contributed by atoms with Crippen molar-refractivity contribution >= 4 is 23.0 Å². The number of nitrogens with zero attached hydrogens (tertiary/aromatic N) is 4. The standard InChI is InChI=1S/C27H27N5OS/c1-19(2)33-22-12-10-21(11-13-22)32-26(25(30-27(32)34)23-8-3-4-15-29-23)24-9-6-16-31(24)18-20-7-5-14-28-17-20/h3-17,19,25-26H,18H2,1-2H3,(H,30,34)/t25-,26+/m1/s1. The molecule has 0 unspecified atom stereocenters. The van der Waals surface area contributed by atoms with Crippen LogP contribution in [0, 0.1) is 0 Å². The summed E-state index contributed by atoms with van der Waals surface area (Å²) in [5.74, 6) is 0.842. The summed E-state index contributed by atoms with van der Waals surface area (Å²) in [5.41, 5.74) is 4.25. The molecule has 1 aromatic carbocycles. The number of ether oxygens (including phenoxy) is 1. The van der Waals surface area contributed by atoms with Gasteiger partial charge in [0.25, 0.3) is 0 Å². The van der Waals surface area contributed by atoms with Crippen molar-refractivity contribution < 1.29 is 4.74 Å². The molecule has 1 fully saturated rings. The van der Waals surface area contributed by atoms with Crippen molar-refractivity contribution in [3.8, 4) is 5.75 Å². The molecule has 1 N–H and O–H groups in total. The first-order chi connectivity index (χ1) is 16.6. The lowest BCUT2D eigenvalue weighted by Gasteiger charge is -2.29. The Hall–Kier alpha value is -3.71. The van der Waals surface area contributed by atoms with E-state index in [-0.39, 0.29) is 18.2 Å². The highest BCUT2D eigenvalue weighted by molar-refractivity contribution is 7.80. The van der Waals surface area contributed by atoms with E-state index in [1.54, 1.807) is 6.20 Å². The van der Waals surface area contributed by atoms with Crippen LogP contribution >= 0.6 is 12.2 Å². The Labute approximate surface area is 205 Å². The second-order valence-electron chi connectivity index (χ2n) is 8.58. The number of nitrogens with one attached hydrogen (secondary N) is 1. The van der Waals surface area contributed by atoms with Crippen molar-refractivity contribution in [2.24, 2.45) is 0 Å². The van der Waals surface area contributed by atoms with E-state index >= 15 is 0 Å². The molecule has 0 radical (unpaired) electrons. The quantitative estimate of drug-likeness (QED) is 0.371. The lowest BCUT2D eigenvalue weighted by Crippen LogP contribution is -2.30. The third-order valence-electron chi connectivity index (χ3n) is 5.83. The molecule has 6 nitrogen and oxygen atoms in total. The van der Waals surface area contributed by atoms with Gasteiger partial charge in [0.2, 0.25) is 0 Å². The van der Waals surface area contributed by atoms with E-state index in [2.05, 4.69) is 61.3 Å². The van der Waals surface area contributed by atoms with Gasteiger partial charge in [-0.15, -0.1) is 0 Å². The monoisotopic (exact) mass is 469 g/mol. The molecular formula is C27H27N5OS. The van der Waals surface area contributed by atoms with Crippen molar-refractivity contribution in [2.45, 2.75) is 38.6 Å². The van der Waals surface area contributed by atoms with E-state index in [9.17, 15) is 0 Å². The summed E-state index contributed by atoms with van der Waals surface area (Å²) < 4.78 is 8.11. The van der Waals surface area contributed by atoms with E-state index in [1.807, 2.05) is 62.6 Å². The minimum absolute atomic E-state index is 0.0778. The van der Waals surface area contributed by atoms with Gasteiger partial charge in [-0.25, -0.2) is 0 Å². The summed E-state index contributed by atoms with van der Waals surface area (Å²) in [7, 11) is 0. The molecule has 1 aliphatic heterocycles. The maximum atomic E-state index is 5.86. The van der Waals surface area contributed by atoms with E-state index in [4.69, 9.17) is 17.0 Å². The summed E-state index contributed by atoms with van der Waals surface area (Å²) in [5, 5.41) is 4.21. The van der Waals surface area contributed by atoms with Gasteiger partial charge in [0.05, 0.1) is 17.8 Å². The number of pyridine rings is 2. The average Bonchev–Trinajstić information content (AvgIpc) is 3.44. The Morgan fingerprint density at radius 1 is 1.00 bits per heavy atom. The van der Waals surface area contributed by atoms with E-state index in [0.29, 0.717) is 5.11 Å². The van der Waals surface area contributed by atoms with Crippen LogP contribution in [0.15, 0.2) is 91.5 Å². The molecule has 0 spiro atoms. The summed E-state index contributed by atoms with van der Waals surface area (Å²) in [6.45, 7) is 4.78. The van der Waals surface area contributed by atoms with Crippen molar-refractivity contribution in [2.75, 3.05) is 4.90 Å². The molecule has 0 aliphatic carbocycles. The molecule has 0 amide bonds. The smallest absolute Gasteiger partial charge is 0.174 e. The lowest BCUT2D eigenvalue weighted by atomic mass is 10.0. The number of benzene rings is 1. The van der Waals surface area contributed by atoms with Crippen molar-refractivity contribution in [1.82, 2.24) is 19.9 Å². The Morgan fingerprint density at radius 2 is 1.85 bits per heavy atom. The van der Waals surface area contributed by atoms with Gasteiger partial charge in [-0.05, 0) is 86.2 Å². The molecule has 0 saturated carbocycles. The van der Waals surface area contributed by atoms with Gasteiger partial charge < -0.3 is 19.5 Å². The van der Waals surface area contributed by atoms with Crippen molar-refractivity contribution in [3.05, 3.63) is 108 Å². The molecule has 1 saturated heterocycles. The highest BCUT2D eigenvalue weighted by Crippen LogP contribution is 2.42. The van der Waals surface area contributed by atoms with Crippen LogP contribution in [-0.2, 0) is 6.54 Å². The molecule has 7 heteroatoms. The van der Waals surface area contributed by atoms with E-state index < -0.39 is 0 Å². The molecule has 172 valence electrons. The van der Waals surface area contributed by atoms with Gasteiger partial charge in [-0.1, -0.05) is 12.1 Å². The highest BCUT2D eigenvalue weighted by Gasteiger charge is 2.42. The predicted octanol–water partition coefficient (Wildman–Crippen LogP) is 5.29. The summed E-state index contributed by atoms with van der Waals surface area (Å²) >= 11 is 5.86. The van der Waals surface area contributed by atoms with Gasteiger partial charge in [0, 0.05) is 42.7 Å². The number of aromatic nitrogens is 3. The molecule has 34 heavy (non-hydrogen) atoms. The van der Waals surface area contributed by atoms with E-state index in [0.717, 1.165) is 34.9 Å². The van der Waals surface area contributed by atoms with Gasteiger partial charge in [0.1, 0.15) is 11.8 Å². The lowest BCUT2D eigenvalue weighted by molar-refractivity contribution is 0.242. The van der Waals surface area contributed by atoms with Gasteiger partial charge in [-0.3, -0.25) is 9.97 Å². The molecule has 3 aromatic heterocycles. The van der Waals surface area contributed by atoms with Crippen LogP contribution in [0.25, 0.3) is 0 Å². The molecule has 0 bridgehead atoms. The van der Waals surface area contributed by atoms with Crippen LogP contribution in [0.3, 0.4) is 0 Å². The van der Waals surface area contributed by atoms with Gasteiger partial charge >= 0.3 is 0 Å². The minimum Gasteiger partial charge on any atom is -0.491 e. The number of rotatable bonds is 7. The topological polar surface area (TPSA) is 55.2 Å². The molecule has 4 aromatic rings. The molecule has 5 rings (SSSR count). The largest absolute Gasteiger partial charge is 0.491 e. The van der Waals surface area contributed by atoms with Crippen LogP contribution in [0.4, 0.5) is 5.69 Å². The highest BCUT2D eigenvalue weighted by atomic mass is 32.1. The molecular weight excluding hydrogens is 442 g/mol. The maximum absolute atomic E-state index is 5.86. The second kappa shape index (κ2) is 9.65. The normalized spacial score (nSPS) is 17.7. The summed E-state index contributed by atoms with van der Waals surface area (Å²) in [6.07, 6.45) is 7.76. The third kappa shape index (κ3) is 4.52. The first kappa shape index (κ1) is 22.1. The average molecular weight is 470 g/mol. The Morgan fingerprint density at radius 3 is 2.56 bits per heavy atom. The Balaban J connectivity index is 1.55. The predicted molar refractivity (Wildman–Crippen MR) is 138 cm³/mol. The Bertz CT molecular complexity index is 1240. The minimum atomic E-state index is -0.0946. The van der Waals surface area contributed by atoms with Gasteiger partial charge in [0.15, 0.2) is 5.11 Å². The van der Waals surface area contributed by atoms with Crippen LogP contribution in [0.2, 0.25) is 0 Å². The summed E-state index contributed by atoms with van der Waals surface area (Å²) in [6, 6.07) is 22.2. The Kier molecular flexibility index (Phi) is 6.27. The zero-order chi connectivity index (χ0) is 23.5. The van der Waals surface area contributed by atoms with E-state index in [1.165, 1.54) is 0 Å². The zero-order valence-electron chi connectivity index (χ0n) is 19.2. The summed E-state index contributed by atoms with van der Waals surface area (Å²) in [4.78, 5) is 11.1. The SMILES string of the molecule is CC(C)Oc1ccc(N2C(=S)N[C@H](c3ccccn3)[C@@H]2c2cccn2Cc2cccnc2)cc1. The van der Waals surface area contributed by atoms with Crippen molar-refractivity contribution in [1.29, 1.82) is 0 Å². The van der Waals surface area contributed by atoms with Crippen LogP contribution in [-0.4, -0.2) is 25.8 Å². The molecule has 2 atom stereocenters. The number of hydrogen-bond donors (Lipinski definition) is 1. The fourth-order valence-electron chi connectivity index (χ4n) is 4.42. The fraction of sp³-hybridized carbons (Fsp3) is 0.222. The van der Waals surface area contributed by atoms with Gasteiger partial charge in [-0.2, -0.15) is 0 Å². The number of hydrogen-bond acceptors (Lipinski definition) is 4. The zero-order valence-corrected chi connectivity index (χ0v) is 20.0. The number of thiocarbonyl (C=S) groups is 1. The van der Waals surface area contributed by atoms with Crippen LogP contribution in [0.5, 0.6) is 5.75 Å². The number of anilines is 1. The van der Waals surface area contributed by atoms with Crippen LogP contribution in [0.1, 0.15) is 42.9 Å². The maximum Gasteiger partial charge on any atom is 0.174 e. The molecule has 4 heterocycles. The second-order valence-corrected chi connectivity index (χ2v) is 8.97. The first-order valence-electron chi connectivity index (χ1n) is 11.4. The third-order valence-corrected chi connectivity index (χ3v) is 6.14.